The number of hydrogen-bond donors (Lipinski definition) is 1. The first-order chi connectivity index (χ1) is 6.81. The Morgan fingerprint density at radius 1 is 1.43 bits per heavy atom. The van der Waals surface area contributed by atoms with Crippen molar-refractivity contribution in [3.8, 4) is 0 Å². The van der Waals surface area contributed by atoms with Gasteiger partial charge in [-0.05, 0) is 36.1 Å². The van der Waals surface area contributed by atoms with E-state index in [0.29, 0.717) is 12.0 Å². The lowest BCUT2D eigenvalue weighted by Crippen LogP contribution is -2.37. The van der Waals surface area contributed by atoms with Crippen molar-refractivity contribution in [1.29, 1.82) is 0 Å². The van der Waals surface area contributed by atoms with E-state index in [2.05, 4.69) is 30.5 Å². The van der Waals surface area contributed by atoms with E-state index in [4.69, 9.17) is 5.73 Å². The van der Waals surface area contributed by atoms with E-state index in [9.17, 15) is 0 Å². The van der Waals surface area contributed by atoms with Gasteiger partial charge < -0.3 is 5.73 Å². The summed E-state index contributed by atoms with van der Waals surface area (Å²) in [7, 11) is 0. The molecule has 0 aliphatic heterocycles. The van der Waals surface area contributed by atoms with Crippen LogP contribution in [0.3, 0.4) is 0 Å². The molecule has 76 valence electrons. The van der Waals surface area contributed by atoms with Crippen molar-refractivity contribution in [1.82, 2.24) is 0 Å². The van der Waals surface area contributed by atoms with Gasteiger partial charge >= 0.3 is 0 Å². The molecular weight excluding hydrogens is 190 g/mol. The normalized spacial score (nSPS) is 25.9. The van der Waals surface area contributed by atoms with Crippen LogP contribution in [-0.2, 0) is 5.75 Å². The molecule has 1 aromatic rings. The van der Waals surface area contributed by atoms with E-state index in [1.165, 1.54) is 24.0 Å². The number of benzene rings is 1. The van der Waals surface area contributed by atoms with Crippen LogP contribution in [0.25, 0.3) is 0 Å². The quantitative estimate of drug-likeness (QED) is 0.824. The fourth-order valence-corrected chi connectivity index (χ4v) is 2.53. The molecule has 1 saturated carbocycles. The van der Waals surface area contributed by atoms with Crippen molar-refractivity contribution >= 4 is 11.8 Å². The second kappa shape index (κ2) is 4.37. The third-order valence-corrected chi connectivity index (χ3v) is 3.64. The van der Waals surface area contributed by atoms with Gasteiger partial charge in [0.15, 0.2) is 0 Å². The molecule has 1 aliphatic carbocycles. The summed E-state index contributed by atoms with van der Waals surface area (Å²) < 4.78 is 0. The predicted octanol–water partition coefficient (Wildman–Crippen LogP) is 2.75. The minimum atomic E-state index is 0.402. The zero-order valence-electron chi connectivity index (χ0n) is 8.57. The van der Waals surface area contributed by atoms with Gasteiger partial charge in [0.1, 0.15) is 0 Å². The molecule has 0 heterocycles. The minimum absolute atomic E-state index is 0.402. The van der Waals surface area contributed by atoms with Crippen LogP contribution in [-0.4, -0.2) is 12.3 Å². The molecule has 2 atom stereocenters. The van der Waals surface area contributed by atoms with Crippen LogP contribution in [0.2, 0.25) is 0 Å². The number of nitrogens with two attached hydrogens (primary N) is 1. The van der Waals surface area contributed by atoms with E-state index in [0.717, 1.165) is 5.75 Å². The van der Waals surface area contributed by atoms with Gasteiger partial charge in [0, 0.05) is 11.8 Å². The van der Waals surface area contributed by atoms with Crippen molar-refractivity contribution in [2.24, 2.45) is 5.73 Å². The van der Waals surface area contributed by atoms with Crippen LogP contribution >= 0.6 is 11.8 Å². The second-order valence-electron chi connectivity index (χ2n) is 4.03. The van der Waals surface area contributed by atoms with Crippen LogP contribution in [0.15, 0.2) is 24.3 Å². The predicted molar refractivity (Wildman–Crippen MR) is 63.6 cm³/mol. The first-order valence-electron chi connectivity index (χ1n) is 5.14. The highest BCUT2D eigenvalue weighted by atomic mass is 32.2. The molecule has 1 nitrogen and oxygen atoms in total. The largest absolute Gasteiger partial charge is 0.327 e. The monoisotopic (exact) mass is 207 g/mol. The first-order valence-corrected chi connectivity index (χ1v) is 6.54. The maximum atomic E-state index is 5.97. The Labute approximate surface area is 90.1 Å². The van der Waals surface area contributed by atoms with Gasteiger partial charge in [0.05, 0.1) is 0 Å². The average molecular weight is 207 g/mol. The van der Waals surface area contributed by atoms with Crippen molar-refractivity contribution in [2.45, 2.75) is 30.6 Å². The summed E-state index contributed by atoms with van der Waals surface area (Å²) in [6, 6.07) is 9.30. The highest BCUT2D eigenvalue weighted by Gasteiger charge is 2.28. The third kappa shape index (κ3) is 1.96. The number of thioether (sulfide) groups is 1. The molecule has 0 aromatic heterocycles. The number of hydrogen-bond acceptors (Lipinski definition) is 2. The Kier molecular flexibility index (Phi) is 3.14. The van der Waals surface area contributed by atoms with Crippen molar-refractivity contribution in [3.05, 3.63) is 35.4 Å². The molecule has 2 rings (SSSR count). The van der Waals surface area contributed by atoms with Crippen LogP contribution < -0.4 is 5.73 Å². The smallest absolute Gasteiger partial charge is 0.0181 e. The summed E-state index contributed by atoms with van der Waals surface area (Å²) in [6.07, 6.45) is 4.60. The Bertz CT molecular complexity index is 311. The third-order valence-electron chi connectivity index (χ3n) is 3.02. The maximum Gasteiger partial charge on any atom is 0.0181 e. The molecular formula is C12H17NS. The molecule has 14 heavy (non-hydrogen) atoms. The summed E-state index contributed by atoms with van der Waals surface area (Å²) in [6.45, 7) is 0. The Hall–Kier alpha value is -0.470. The standard InChI is InChI=1S/C12H17NS/c1-14-8-9-3-2-4-10(7-9)11-5-6-12(11)13/h2-4,7,11-12H,5-6,8,13H2,1H3. The minimum Gasteiger partial charge on any atom is -0.327 e. The molecule has 0 spiro atoms. The van der Waals surface area contributed by atoms with E-state index in [1.54, 1.807) is 0 Å². The zero-order chi connectivity index (χ0) is 9.97. The fourth-order valence-electron chi connectivity index (χ4n) is 2.02. The van der Waals surface area contributed by atoms with Crippen LogP contribution in [0.5, 0.6) is 0 Å². The van der Waals surface area contributed by atoms with Crippen molar-refractivity contribution in [2.75, 3.05) is 6.26 Å². The molecule has 0 saturated heterocycles. The maximum absolute atomic E-state index is 5.97. The van der Waals surface area contributed by atoms with E-state index in [-0.39, 0.29) is 0 Å². The molecule has 0 bridgehead atoms. The fraction of sp³-hybridized carbons (Fsp3) is 0.500. The molecule has 1 aromatic carbocycles. The topological polar surface area (TPSA) is 26.0 Å². The molecule has 2 N–H and O–H groups in total. The van der Waals surface area contributed by atoms with E-state index >= 15 is 0 Å². The summed E-state index contributed by atoms with van der Waals surface area (Å²) in [4.78, 5) is 0. The Balaban J connectivity index is 2.13. The number of rotatable bonds is 3. The second-order valence-corrected chi connectivity index (χ2v) is 4.89. The van der Waals surface area contributed by atoms with E-state index in [1.807, 2.05) is 11.8 Å². The van der Waals surface area contributed by atoms with Crippen LogP contribution in [0.1, 0.15) is 29.9 Å². The summed E-state index contributed by atoms with van der Waals surface area (Å²) in [5, 5.41) is 0. The summed E-state index contributed by atoms with van der Waals surface area (Å²) >= 11 is 1.87. The Morgan fingerprint density at radius 3 is 2.86 bits per heavy atom. The van der Waals surface area contributed by atoms with Gasteiger partial charge in [0.2, 0.25) is 0 Å². The van der Waals surface area contributed by atoms with Crippen molar-refractivity contribution in [3.63, 3.8) is 0 Å². The van der Waals surface area contributed by atoms with Gasteiger partial charge in [-0.2, -0.15) is 11.8 Å². The van der Waals surface area contributed by atoms with Gasteiger partial charge in [-0.1, -0.05) is 24.3 Å². The van der Waals surface area contributed by atoms with Crippen LogP contribution in [0.4, 0.5) is 0 Å². The van der Waals surface area contributed by atoms with Gasteiger partial charge in [0.25, 0.3) is 0 Å². The molecule has 2 heteroatoms. The molecule has 2 unspecified atom stereocenters. The lowest BCUT2D eigenvalue weighted by molar-refractivity contribution is 0.346. The van der Waals surface area contributed by atoms with E-state index < -0.39 is 0 Å². The highest BCUT2D eigenvalue weighted by Crippen LogP contribution is 2.35. The molecule has 0 radical (unpaired) electrons. The molecule has 1 fully saturated rings. The Morgan fingerprint density at radius 2 is 2.29 bits per heavy atom. The average Bonchev–Trinajstić information content (AvgIpc) is 2.17. The highest BCUT2D eigenvalue weighted by molar-refractivity contribution is 7.97. The van der Waals surface area contributed by atoms with Gasteiger partial charge in [-0.3, -0.25) is 0 Å². The van der Waals surface area contributed by atoms with Crippen molar-refractivity contribution < 1.29 is 0 Å². The van der Waals surface area contributed by atoms with Gasteiger partial charge in [-0.15, -0.1) is 0 Å². The first kappa shape index (κ1) is 10.1. The summed E-state index contributed by atoms with van der Waals surface area (Å²) in [5.41, 5.74) is 8.84. The molecule has 0 amide bonds. The summed E-state index contributed by atoms with van der Waals surface area (Å²) in [5.74, 6) is 1.73. The molecule has 1 aliphatic rings. The SMILES string of the molecule is CSCc1cccc(C2CCC2N)c1. The zero-order valence-corrected chi connectivity index (χ0v) is 9.39. The van der Waals surface area contributed by atoms with Gasteiger partial charge in [-0.25, -0.2) is 0 Å². The lowest BCUT2D eigenvalue weighted by Gasteiger charge is -2.34. The lowest BCUT2D eigenvalue weighted by atomic mass is 9.75. The van der Waals surface area contributed by atoms with Crippen LogP contribution in [0, 0.1) is 0 Å².